The highest BCUT2D eigenvalue weighted by molar-refractivity contribution is 5.93. The molecule has 0 aliphatic carbocycles. The first-order chi connectivity index (χ1) is 12.3. The van der Waals surface area contributed by atoms with E-state index in [1.54, 1.807) is 10.5 Å². The molecule has 0 radical (unpaired) electrons. The molecule has 126 valence electrons. The number of aryl methyl sites for hydroxylation is 1. The van der Waals surface area contributed by atoms with Crippen molar-refractivity contribution in [1.29, 1.82) is 0 Å². The fraction of sp³-hybridized carbons (Fsp3) is 0.188. The van der Waals surface area contributed by atoms with Crippen LogP contribution in [-0.2, 0) is 13.0 Å². The number of hydrogen-bond donors (Lipinski definition) is 1. The molecule has 0 spiro atoms. The van der Waals surface area contributed by atoms with Crippen molar-refractivity contribution in [2.45, 2.75) is 19.9 Å². The molecule has 0 fully saturated rings. The summed E-state index contributed by atoms with van der Waals surface area (Å²) in [5.74, 6) is 1.36. The lowest BCUT2D eigenvalue weighted by atomic mass is 10.2. The fourth-order valence-electron chi connectivity index (χ4n) is 2.41. The number of hydrogen-bond acceptors (Lipinski definition) is 7. The van der Waals surface area contributed by atoms with E-state index in [0.717, 1.165) is 0 Å². The van der Waals surface area contributed by atoms with Gasteiger partial charge in [-0.25, -0.2) is 0 Å². The van der Waals surface area contributed by atoms with Gasteiger partial charge in [0.15, 0.2) is 17.3 Å². The van der Waals surface area contributed by atoms with Crippen LogP contribution in [0.25, 0.3) is 17.1 Å². The average molecular weight is 338 g/mol. The van der Waals surface area contributed by atoms with Gasteiger partial charge >= 0.3 is 0 Å². The van der Waals surface area contributed by atoms with Gasteiger partial charge in [-0.15, -0.1) is 10.2 Å². The zero-order chi connectivity index (χ0) is 17.2. The molecule has 0 unspecified atom stereocenters. The maximum absolute atomic E-state index is 12.0. The lowest BCUT2D eigenvalue weighted by molar-refractivity contribution is 0.0949. The van der Waals surface area contributed by atoms with Crippen LogP contribution in [-0.4, -0.2) is 30.6 Å². The molecular weight excluding hydrogens is 324 g/mol. The molecule has 0 saturated carbocycles. The normalized spacial score (nSPS) is 11.1. The first kappa shape index (κ1) is 15.1. The molecular formula is C16H14N6O3. The van der Waals surface area contributed by atoms with E-state index in [2.05, 4.69) is 25.7 Å². The molecule has 9 heteroatoms. The van der Waals surface area contributed by atoms with Crippen LogP contribution < -0.4 is 5.32 Å². The quantitative estimate of drug-likeness (QED) is 0.591. The zero-order valence-corrected chi connectivity index (χ0v) is 13.3. The molecule has 4 heterocycles. The first-order valence-electron chi connectivity index (χ1n) is 7.72. The summed E-state index contributed by atoms with van der Waals surface area (Å²) in [6.45, 7) is 2.17. The largest absolute Gasteiger partial charge is 0.472 e. The summed E-state index contributed by atoms with van der Waals surface area (Å²) in [5.41, 5.74) is 1.73. The summed E-state index contributed by atoms with van der Waals surface area (Å²) in [5, 5.41) is 15.0. The van der Waals surface area contributed by atoms with E-state index in [1.165, 1.54) is 12.5 Å². The van der Waals surface area contributed by atoms with Gasteiger partial charge in [0.1, 0.15) is 6.26 Å². The topological polar surface area (TPSA) is 111 Å². The number of pyridine rings is 1. The molecule has 1 amide bonds. The number of nitrogens with one attached hydrogen (secondary N) is 1. The second kappa shape index (κ2) is 6.19. The van der Waals surface area contributed by atoms with Gasteiger partial charge in [-0.2, -0.15) is 4.98 Å². The molecule has 0 aliphatic rings. The summed E-state index contributed by atoms with van der Waals surface area (Å²) in [4.78, 5) is 16.3. The minimum Gasteiger partial charge on any atom is -0.472 e. The second-order valence-electron chi connectivity index (χ2n) is 5.30. The predicted octanol–water partition coefficient (Wildman–Crippen LogP) is 1.86. The third-order valence-electron chi connectivity index (χ3n) is 3.71. The second-order valence-corrected chi connectivity index (χ2v) is 5.30. The summed E-state index contributed by atoms with van der Waals surface area (Å²) in [6, 6.07) is 5.27. The van der Waals surface area contributed by atoms with Crippen LogP contribution in [0.15, 0.2) is 45.9 Å². The molecule has 0 bridgehead atoms. The Hall–Kier alpha value is -3.49. The van der Waals surface area contributed by atoms with E-state index >= 15 is 0 Å². The molecule has 1 N–H and O–H groups in total. The maximum Gasteiger partial charge on any atom is 0.261 e. The number of nitrogens with zero attached hydrogens (tertiary/aromatic N) is 5. The van der Waals surface area contributed by atoms with Gasteiger partial charge in [0.2, 0.25) is 0 Å². The van der Waals surface area contributed by atoms with Gasteiger partial charge < -0.3 is 14.3 Å². The molecule has 0 aliphatic heterocycles. The van der Waals surface area contributed by atoms with Crippen molar-refractivity contribution in [1.82, 2.24) is 30.1 Å². The van der Waals surface area contributed by atoms with E-state index in [4.69, 9.17) is 8.94 Å². The third-order valence-corrected chi connectivity index (χ3v) is 3.71. The van der Waals surface area contributed by atoms with Crippen molar-refractivity contribution in [2.75, 3.05) is 0 Å². The van der Waals surface area contributed by atoms with Crippen molar-refractivity contribution in [3.63, 3.8) is 0 Å². The number of carbonyl (C=O) groups is 1. The average Bonchev–Trinajstić information content (AvgIpc) is 3.39. The molecule has 4 rings (SSSR count). The van der Waals surface area contributed by atoms with Crippen LogP contribution in [0, 0.1) is 0 Å². The molecule has 4 aromatic rings. The van der Waals surface area contributed by atoms with Crippen LogP contribution in [0.4, 0.5) is 0 Å². The molecule has 9 nitrogen and oxygen atoms in total. The van der Waals surface area contributed by atoms with Gasteiger partial charge in [-0.1, -0.05) is 12.1 Å². The predicted molar refractivity (Wildman–Crippen MR) is 85.5 cm³/mol. The number of furan rings is 1. The Morgan fingerprint density at radius 1 is 1.32 bits per heavy atom. The number of amides is 1. The summed E-state index contributed by atoms with van der Waals surface area (Å²) >= 11 is 0. The Morgan fingerprint density at radius 2 is 2.24 bits per heavy atom. The summed E-state index contributed by atoms with van der Waals surface area (Å²) in [7, 11) is 0. The monoisotopic (exact) mass is 338 g/mol. The van der Waals surface area contributed by atoms with Gasteiger partial charge in [0.25, 0.3) is 11.8 Å². The van der Waals surface area contributed by atoms with E-state index < -0.39 is 0 Å². The van der Waals surface area contributed by atoms with Crippen LogP contribution in [0.3, 0.4) is 0 Å². The molecule has 0 aromatic carbocycles. The van der Waals surface area contributed by atoms with Crippen molar-refractivity contribution in [3.8, 4) is 11.5 Å². The zero-order valence-electron chi connectivity index (χ0n) is 13.3. The first-order valence-corrected chi connectivity index (χ1v) is 7.72. The standard InChI is InChI=1S/C16H14N6O3/c1-2-12-18-16(25-21-12)11-4-3-6-22-13(19-20-14(11)22)8-17-15(23)10-5-7-24-9-10/h3-7,9H,2,8H2,1H3,(H,17,23). The Morgan fingerprint density at radius 3 is 3.00 bits per heavy atom. The minimum atomic E-state index is -0.244. The van der Waals surface area contributed by atoms with Crippen molar-refractivity contribution < 1.29 is 13.7 Å². The third kappa shape index (κ3) is 2.75. The van der Waals surface area contributed by atoms with Gasteiger partial charge in [0.05, 0.1) is 23.9 Å². The summed E-state index contributed by atoms with van der Waals surface area (Å²) in [6.07, 6.45) is 5.33. The van der Waals surface area contributed by atoms with Crippen molar-refractivity contribution >= 4 is 11.6 Å². The Labute approximate surface area is 141 Å². The highest BCUT2D eigenvalue weighted by atomic mass is 16.5. The Balaban J connectivity index is 1.61. The lowest BCUT2D eigenvalue weighted by Gasteiger charge is -2.03. The van der Waals surface area contributed by atoms with Crippen LogP contribution in [0.5, 0.6) is 0 Å². The van der Waals surface area contributed by atoms with Gasteiger partial charge in [-0.3, -0.25) is 9.20 Å². The molecule has 4 aromatic heterocycles. The van der Waals surface area contributed by atoms with Crippen LogP contribution >= 0.6 is 0 Å². The highest BCUT2D eigenvalue weighted by Crippen LogP contribution is 2.22. The van der Waals surface area contributed by atoms with Crippen molar-refractivity contribution in [2.24, 2.45) is 0 Å². The van der Waals surface area contributed by atoms with E-state index in [9.17, 15) is 4.79 Å². The Kier molecular flexibility index (Phi) is 3.73. The van der Waals surface area contributed by atoms with Crippen LogP contribution in [0.2, 0.25) is 0 Å². The van der Waals surface area contributed by atoms with E-state index in [0.29, 0.717) is 40.7 Å². The summed E-state index contributed by atoms with van der Waals surface area (Å²) < 4.78 is 12.0. The fourth-order valence-corrected chi connectivity index (χ4v) is 2.41. The highest BCUT2D eigenvalue weighted by Gasteiger charge is 2.16. The lowest BCUT2D eigenvalue weighted by Crippen LogP contribution is -2.23. The van der Waals surface area contributed by atoms with Crippen molar-refractivity contribution in [3.05, 3.63) is 54.1 Å². The number of rotatable bonds is 5. The molecule has 25 heavy (non-hydrogen) atoms. The SMILES string of the molecule is CCc1noc(-c2cccn3c(CNC(=O)c4ccoc4)nnc23)n1. The minimum absolute atomic E-state index is 0.221. The smallest absolute Gasteiger partial charge is 0.261 e. The number of fused-ring (bicyclic) bond motifs is 1. The van der Waals surface area contributed by atoms with Crippen LogP contribution in [0.1, 0.15) is 28.9 Å². The molecule has 0 atom stereocenters. The van der Waals surface area contributed by atoms with Gasteiger partial charge in [-0.05, 0) is 18.2 Å². The maximum atomic E-state index is 12.0. The molecule has 0 saturated heterocycles. The Bertz CT molecular complexity index is 1020. The van der Waals surface area contributed by atoms with E-state index in [1.807, 2.05) is 25.3 Å². The number of aromatic nitrogens is 5. The van der Waals surface area contributed by atoms with E-state index in [-0.39, 0.29) is 12.5 Å². The van der Waals surface area contributed by atoms with Gasteiger partial charge in [0, 0.05) is 12.6 Å². The number of carbonyl (C=O) groups excluding carboxylic acids is 1.